The average molecular weight is 363 g/mol. The fourth-order valence-electron chi connectivity index (χ4n) is 2.70. The van der Waals surface area contributed by atoms with E-state index < -0.39 is 11.9 Å². The highest BCUT2D eigenvalue weighted by molar-refractivity contribution is 5.91. The number of carbonyl (C=O) groups excluding carboxylic acids is 2. The summed E-state index contributed by atoms with van der Waals surface area (Å²) in [5, 5.41) is 0. The van der Waals surface area contributed by atoms with Crippen molar-refractivity contribution in [3.8, 4) is 0 Å². The molecule has 0 saturated carbocycles. The molecule has 0 aliphatic rings. The summed E-state index contributed by atoms with van der Waals surface area (Å²) in [6.07, 6.45) is 12.3. The van der Waals surface area contributed by atoms with Crippen LogP contribution in [0.3, 0.4) is 0 Å². The molecule has 1 aromatic heterocycles. The van der Waals surface area contributed by atoms with Crippen molar-refractivity contribution >= 4 is 11.9 Å². The minimum Gasteiger partial charge on any atom is -0.461 e. The van der Waals surface area contributed by atoms with Gasteiger partial charge in [0.15, 0.2) is 0 Å². The Morgan fingerprint density at radius 3 is 1.81 bits per heavy atom. The van der Waals surface area contributed by atoms with Crippen LogP contribution in [0.2, 0.25) is 0 Å². The van der Waals surface area contributed by atoms with Crippen LogP contribution in [0.25, 0.3) is 0 Å². The van der Waals surface area contributed by atoms with Crippen molar-refractivity contribution in [3.63, 3.8) is 0 Å². The van der Waals surface area contributed by atoms with Crippen LogP contribution in [0.15, 0.2) is 18.2 Å². The lowest BCUT2D eigenvalue weighted by Crippen LogP contribution is -2.13. The molecule has 0 radical (unpaired) electrons. The molecule has 0 N–H and O–H groups in total. The first-order valence-electron chi connectivity index (χ1n) is 10.00. The minimum absolute atomic E-state index is 0.125. The molecule has 0 spiro atoms. The Bertz CT molecular complexity index is 530. The van der Waals surface area contributed by atoms with E-state index in [4.69, 9.17) is 9.47 Å². The maximum absolute atomic E-state index is 12.0. The van der Waals surface area contributed by atoms with Gasteiger partial charge >= 0.3 is 11.9 Å². The van der Waals surface area contributed by atoms with Gasteiger partial charge in [0.25, 0.3) is 0 Å². The monoisotopic (exact) mass is 363 g/mol. The van der Waals surface area contributed by atoms with Crippen LogP contribution in [-0.2, 0) is 9.47 Å². The molecule has 5 nitrogen and oxygen atoms in total. The second kappa shape index (κ2) is 14.3. The number of unbranched alkanes of at least 4 members (excludes halogenated alkanes) is 9. The molecule has 1 heterocycles. The second-order valence-corrected chi connectivity index (χ2v) is 6.45. The van der Waals surface area contributed by atoms with Crippen molar-refractivity contribution < 1.29 is 19.1 Å². The number of rotatable bonds is 14. The number of aromatic nitrogens is 1. The van der Waals surface area contributed by atoms with Crippen LogP contribution in [0.5, 0.6) is 0 Å². The Balaban J connectivity index is 2.13. The zero-order valence-electron chi connectivity index (χ0n) is 16.3. The Kier molecular flexibility index (Phi) is 12.2. The SMILES string of the molecule is CCCCCCCCCCCCOC(=O)c1cccc(C(=O)OCC)n1. The van der Waals surface area contributed by atoms with Gasteiger partial charge in [-0.2, -0.15) is 0 Å². The topological polar surface area (TPSA) is 65.5 Å². The van der Waals surface area contributed by atoms with Gasteiger partial charge in [0, 0.05) is 0 Å². The maximum Gasteiger partial charge on any atom is 0.356 e. The van der Waals surface area contributed by atoms with Crippen LogP contribution >= 0.6 is 0 Å². The molecule has 0 aromatic carbocycles. The minimum atomic E-state index is -0.531. The summed E-state index contributed by atoms with van der Waals surface area (Å²) in [5.74, 6) is -1.02. The molecular weight excluding hydrogens is 330 g/mol. The van der Waals surface area contributed by atoms with Crippen molar-refractivity contribution in [2.24, 2.45) is 0 Å². The summed E-state index contributed by atoms with van der Waals surface area (Å²) in [7, 11) is 0. The summed E-state index contributed by atoms with van der Waals surface area (Å²) in [5.41, 5.74) is 0.267. The molecule has 0 unspecified atom stereocenters. The average Bonchev–Trinajstić information content (AvgIpc) is 2.66. The lowest BCUT2D eigenvalue weighted by Gasteiger charge is -2.06. The fourth-order valence-corrected chi connectivity index (χ4v) is 2.70. The van der Waals surface area contributed by atoms with E-state index in [1.54, 1.807) is 19.1 Å². The van der Waals surface area contributed by atoms with Gasteiger partial charge < -0.3 is 9.47 Å². The number of ether oxygens (including phenoxy) is 2. The van der Waals surface area contributed by atoms with E-state index in [1.165, 1.54) is 57.4 Å². The van der Waals surface area contributed by atoms with E-state index in [1.807, 2.05) is 0 Å². The third-order valence-electron chi connectivity index (χ3n) is 4.17. The normalized spacial score (nSPS) is 10.5. The first-order chi connectivity index (χ1) is 12.7. The molecule has 146 valence electrons. The first-order valence-corrected chi connectivity index (χ1v) is 10.00. The van der Waals surface area contributed by atoms with Crippen LogP contribution in [0.1, 0.15) is 99.0 Å². The van der Waals surface area contributed by atoms with E-state index >= 15 is 0 Å². The standard InChI is InChI=1S/C21H33NO4/c1-3-5-6-7-8-9-10-11-12-13-17-26-21(24)19-16-14-15-18(22-19)20(23)25-4-2/h14-16H,3-13,17H2,1-2H3. The predicted octanol–water partition coefficient (Wildman–Crippen LogP) is 5.34. The van der Waals surface area contributed by atoms with E-state index in [0.29, 0.717) is 6.61 Å². The quantitative estimate of drug-likeness (QED) is 0.330. The molecule has 1 aromatic rings. The zero-order valence-corrected chi connectivity index (χ0v) is 16.3. The molecule has 0 amide bonds. The highest BCUT2D eigenvalue weighted by Crippen LogP contribution is 2.11. The molecule has 0 saturated heterocycles. The van der Waals surface area contributed by atoms with E-state index in [0.717, 1.165) is 12.8 Å². The van der Waals surface area contributed by atoms with Crippen LogP contribution in [-0.4, -0.2) is 30.1 Å². The van der Waals surface area contributed by atoms with Gasteiger partial charge in [-0.3, -0.25) is 0 Å². The highest BCUT2D eigenvalue weighted by atomic mass is 16.5. The third-order valence-corrected chi connectivity index (χ3v) is 4.17. The molecule has 0 aliphatic carbocycles. The van der Waals surface area contributed by atoms with Gasteiger partial charge in [-0.15, -0.1) is 0 Å². The Morgan fingerprint density at radius 2 is 1.27 bits per heavy atom. The number of hydrogen-bond acceptors (Lipinski definition) is 5. The van der Waals surface area contributed by atoms with Gasteiger partial charge in [0.2, 0.25) is 0 Å². The Labute approximate surface area is 157 Å². The molecule has 0 atom stereocenters. The number of hydrogen-bond donors (Lipinski definition) is 0. The molecule has 0 aliphatic heterocycles. The predicted molar refractivity (Wildman–Crippen MR) is 102 cm³/mol. The van der Waals surface area contributed by atoms with Gasteiger partial charge in [-0.05, 0) is 25.5 Å². The number of pyridine rings is 1. The third kappa shape index (κ3) is 9.54. The van der Waals surface area contributed by atoms with Crippen molar-refractivity contribution in [1.82, 2.24) is 4.98 Å². The summed E-state index contributed by atoms with van der Waals surface area (Å²) in [6, 6.07) is 4.68. The highest BCUT2D eigenvalue weighted by Gasteiger charge is 2.13. The zero-order chi connectivity index (χ0) is 19.0. The van der Waals surface area contributed by atoms with Crippen LogP contribution in [0, 0.1) is 0 Å². The second-order valence-electron chi connectivity index (χ2n) is 6.45. The van der Waals surface area contributed by atoms with Crippen molar-refractivity contribution in [2.45, 2.75) is 78.1 Å². The van der Waals surface area contributed by atoms with Gasteiger partial charge in [-0.25, -0.2) is 14.6 Å². The summed E-state index contributed by atoms with van der Waals surface area (Å²) < 4.78 is 10.1. The van der Waals surface area contributed by atoms with E-state index in [-0.39, 0.29) is 18.0 Å². The maximum atomic E-state index is 12.0. The van der Waals surface area contributed by atoms with Crippen molar-refractivity contribution in [3.05, 3.63) is 29.6 Å². The molecule has 0 bridgehead atoms. The number of esters is 2. The Morgan fingerprint density at radius 1 is 0.769 bits per heavy atom. The van der Waals surface area contributed by atoms with Crippen LogP contribution in [0.4, 0.5) is 0 Å². The Hall–Kier alpha value is -1.91. The van der Waals surface area contributed by atoms with Gasteiger partial charge in [0.05, 0.1) is 13.2 Å². The van der Waals surface area contributed by atoms with Gasteiger partial charge in [-0.1, -0.05) is 70.8 Å². The molecular formula is C21H33NO4. The number of carbonyl (C=O) groups is 2. The molecule has 0 fully saturated rings. The molecule has 1 rings (SSSR count). The summed E-state index contributed by atoms with van der Waals surface area (Å²) in [4.78, 5) is 27.7. The summed E-state index contributed by atoms with van der Waals surface area (Å²) in [6.45, 7) is 4.62. The van der Waals surface area contributed by atoms with Gasteiger partial charge in [0.1, 0.15) is 11.4 Å². The first kappa shape index (κ1) is 22.1. The number of nitrogens with zero attached hydrogens (tertiary/aromatic N) is 1. The lowest BCUT2D eigenvalue weighted by molar-refractivity contribution is 0.0488. The smallest absolute Gasteiger partial charge is 0.356 e. The van der Waals surface area contributed by atoms with Crippen molar-refractivity contribution in [2.75, 3.05) is 13.2 Å². The van der Waals surface area contributed by atoms with Crippen LogP contribution < -0.4 is 0 Å². The van der Waals surface area contributed by atoms with E-state index in [9.17, 15) is 9.59 Å². The molecule has 26 heavy (non-hydrogen) atoms. The van der Waals surface area contributed by atoms with Crippen molar-refractivity contribution in [1.29, 1.82) is 0 Å². The largest absolute Gasteiger partial charge is 0.461 e. The lowest BCUT2D eigenvalue weighted by atomic mass is 10.1. The van der Waals surface area contributed by atoms with E-state index in [2.05, 4.69) is 11.9 Å². The molecule has 5 heteroatoms. The fraction of sp³-hybridized carbons (Fsp3) is 0.667. The summed E-state index contributed by atoms with van der Waals surface area (Å²) >= 11 is 0.